The molecule has 0 amide bonds. The molecule has 0 aliphatic carbocycles. The highest BCUT2D eigenvalue weighted by Gasteiger charge is 2.31. The van der Waals surface area contributed by atoms with E-state index in [1.165, 1.54) is 7.11 Å². The number of nitrogens with zero attached hydrogens (tertiary/aromatic N) is 4. The Morgan fingerprint density at radius 1 is 1.18 bits per heavy atom. The average molecular weight is 417 g/mol. The molecule has 0 saturated carbocycles. The Balaban J connectivity index is 1.80. The van der Waals surface area contributed by atoms with E-state index in [1.54, 1.807) is 0 Å². The van der Waals surface area contributed by atoms with Crippen molar-refractivity contribution in [3.63, 3.8) is 0 Å². The highest BCUT2D eigenvalue weighted by atomic mass is 32.2. The van der Waals surface area contributed by atoms with Crippen molar-refractivity contribution < 1.29 is 26.3 Å². The van der Waals surface area contributed by atoms with Crippen molar-refractivity contribution in [2.75, 3.05) is 25.1 Å². The van der Waals surface area contributed by atoms with Crippen LogP contribution >= 0.6 is 0 Å². The maximum atomic E-state index is 12.8. The molecule has 1 aliphatic rings. The van der Waals surface area contributed by atoms with Crippen LogP contribution in [0.2, 0.25) is 0 Å². The number of rotatable bonds is 6. The Bertz CT molecular complexity index is 947. The number of halogens is 3. The van der Waals surface area contributed by atoms with Gasteiger partial charge in [0.05, 0.1) is 24.1 Å². The van der Waals surface area contributed by atoms with E-state index in [0.29, 0.717) is 12.0 Å². The van der Waals surface area contributed by atoms with E-state index in [-0.39, 0.29) is 18.4 Å². The quantitative estimate of drug-likeness (QED) is 0.768. The second kappa shape index (κ2) is 7.87. The Morgan fingerprint density at radius 3 is 2.54 bits per heavy atom. The Labute approximate surface area is 159 Å². The van der Waals surface area contributed by atoms with Crippen LogP contribution in [0.3, 0.4) is 0 Å². The van der Waals surface area contributed by atoms with Gasteiger partial charge in [0, 0.05) is 13.1 Å². The van der Waals surface area contributed by atoms with Gasteiger partial charge in [-0.1, -0.05) is 6.07 Å². The molecule has 1 aliphatic heterocycles. The topological polar surface area (TPSA) is 97.3 Å². The second-order valence-electron chi connectivity index (χ2n) is 6.08. The zero-order valence-electron chi connectivity index (χ0n) is 14.9. The molecule has 1 fully saturated rings. The summed E-state index contributed by atoms with van der Waals surface area (Å²) in [6, 6.07) is 3.53. The van der Waals surface area contributed by atoms with Crippen molar-refractivity contribution in [1.82, 2.24) is 19.7 Å². The molecule has 2 heterocycles. The van der Waals surface area contributed by atoms with E-state index < -0.39 is 26.7 Å². The fourth-order valence-corrected chi connectivity index (χ4v) is 3.72. The van der Waals surface area contributed by atoms with Gasteiger partial charge >= 0.3 is 12.2 Å². The zero-order valence-corrected chi connectivity index (χ0v) is 15.7. The largest absolute Gasteiger partial charge is 0.467 e. The highest BCUT2D eigenvalue weighted by molar-refractivity contribution is 7.89. The minimum absolute atomic E-state index is 0.0326. The molecule has 152 valence electrons. The number of hydrogen-bond donors (Lipinski definition) is 1. The smallest absolute Gasteiger partial charge is 0.416 e. The lowest BCUT2D eigenvalue weighted by Gasteiger charge is -2.16. The molecule has 0 radical (unpaired) electrons. The lowest BCUT2D eigenvalue weighted by molar-refractivity contribution is -0.137. The molecule has 0 unspecified atom stereocenters. The van der Waals surface area contributed by atoms with E-state index >= 15 is 0 Å². The Hall–Kier alpha value is -2.47. The SMILES string of the molecule is COc1nc(CNS(=O)(=O)c2cccc(C(F)(F)F)c2)nc(N2CCCC2)n1. The standard InChI is InChI=1S/C16H18F3N5O3S/c1-27-15-22-13(21-14(23-15)24-7-2-3-8-24)10-20-28(25,26)12-6-4-5-11(9-12)16(17,18)19/h4-6,9,20H,2-3,7-8,10H2,1H3. The van der Waals surface area contributed by atoms with Gasteiger partial charge in [-0.15, -0.1) is 0 Å². The van der Waals surface area contributed by atoms with Gasteiger partial charge < -0.3 is 9.64 Å². The van der Waals surface area contributed by atoms with E-state index in [2.05, 4.69) is 19.7 Å². The van der Waals surface area contributed by atoms with Gasteiger partial charge in [-0.25, -0.2) is 13.1 Å². The fraction of sp³-hybridized carbons (Fsp3) is 0.438. The highest BCUT2D eigenvalue weighted by Crippen LogP contribution is 2.30. The summed E-state index contributed by atoms with van der Waals surface area (Å²) in [6.45, 7) is 1.21. The third-order valence-electron chi connectivity index (χ3n) is 4.11. The Kier molecular flexibility index (Phi) is 5.70. The number of methoxy groups -OCH3 is 1. The molecule has 1 aromatic heterocycles. The van der Waals surface area contributed by atoms with Gasteiger partial charge in [-0.2, -0.15) is 28.1 Å². The molecule has 12 heteroatoms. The first-order chi connectivity index (χ1) is 13.2. The molecule has 3 rings (SSSR count). The van der Waals surface area contributed by atoms with Crippen LogP contribution in [0.15, 0.2) is 29.2 Å². The van der Waals surface area contributed by atoms with Crippen LogP contribution in [0.1, 0.15) is 24.2 Å². The lowest BCUT2D eigenvalue weighted by atomic mass is 10.2. The minimum Gasteiger partial charge on any atom is -0.467 e. The first kappa shape index (κ1) is 20.3. The minimum atomic E-state index is -4.64. The summed E-state index contributed by atoms with van der Waals surface area (Å²) in [4.78, 5) is 13.8. The van der Waals surface area contributed by atoms with Gasteiger partial charge in [0.2, 0.25) is 16.0 Å². The van der Waals surface area contributed by atoms with Gasteiger partial charge in [-0.05, 0) is 31.0 Å². The Morgan fingerprint density at radius 2 is 1.89 bits per heavy atom. The fourth-order valence-electron chi connectivity index (χ4n) is 2.70. The van der Waals surface area contributed by atoms with Crippen molar-refractivity contribution in [3.05, 3.63) is 35.7 Å². The molecule has 28 heavy (non-hydrogen) atoms. The van der Waals surface area contributed by atoms with Crippen molar-refractivity contribution in [2.24, 2.45) is 0 Å². The predicted octanol–water partition coefficient (Wildman–Crippen LogP) is 1.98. The second-order valence-corrected chi connectivity index (χ2v) is 7.85. The summed E-state index contributed by atoms with van der Waals surface area (Å²) in [6.07, 6.45) is -2.66. The lowest BCUT2D eigenvalue weighted by Crippen LogP contribution is -2.26. The number of hydrogen-bond acceptors (Lipinski definition) is 7. The number of alkyl halides is 3. The summed E-state index contributed by atoms with van der Waals surface area (Å²) >= 11 is 0. The van der Waals surface area contributed by atoms with Crippen LogP contribution in [0, 0.1) is 0 Å². The molecule has 8 nitrogen and oxygen atoms in total. The summed E-state index contributed by atoms with van der Waals surface area (Å²) < 4.78 is 70.5. The van der Waals surface area contributed by atoms with Crippen LogP contribution < -0.4 is 14.4 Å². The van der Waals surface area contributed by atoms with E-state index in [1.807, 2.05) is 4.90 Å². The van der Waals surface area contributed by atoms with E-state index in [0.717, 1.165) is 44.1 Å². The van der Waals surface area contributed by atoms with Crippen LogP contribution in [0.5, 0.6) is 6.01 Å². The zero-order chi connectivity index (χ0) is 20.4. The van der Waals surface area contributed by atoms with Gasteiger partial charge in [0.1, 0.15) is 0 Å². The average Bonchev–Trinajstić information content (AvgIpc) is 3.20. The first-order valence-corrected chi connectivity index (χ1v) is 9.88. The predicted molar refractivity (Wildman–Crippen MR) is 93.3 cm³/mol. The molecule has 1 aromatic carbocycles. The van der Waals surface area contributed by atoms with Crippen LogP contribution in [-0.2, 0) is 22.7 Å². The molecule has 1 saturated heterocycles. The molecule has 0 atom stereocenters. The number of anilines is 1. The van der Waals surface area contributed by atoms with Gasteiger partial charge in [0.15, 0.2) is 5.82 Å². The first-order valence-electron chi connectivity index (χ1n) is 8.40. The number of aromatic nitrogens is 3. The summed E-state index contributed by atoms with van der Waals surface area (Å²) in [5.74, 6) is 0.474. The van der Waals surface area contributed by atoms with Crippen molar-refractivity contribution in [1.29, 1.82) is 0 Å². The van der Waals surface area contributed by atoms with Crippen LogP contribution in [-0.4, -0.2) is 43.6 Å². The third kappa shape index (κ3) is 4.68. The summed E-state index contributed by atoms with van der Waals surface area (Å²) in [5, 5.41) is 0. The van der Waals surface area contributed by atoms with Crippen LogP contribution in [0.25, 0.3) is 0 Å². The monoisotopic (exact) mass is 417 g/mol. The summed E-state index contributed by atoms with van der Waals surface area (Å²) in [5.41, 5.74) is -1.05. The molecular formula is C16H18F3N5O3S. The van der Waals surface area contributed by atoms with Crippen molar-refractivity contribution in [2.45, 2.75) is 30.5 Å². The van der Waals surface area contributed by atoms with Crippen molar-refractivity contribution >= 4 is 16.0 Å². The number of benzene rings is 1. The maximum Gasteiger partial charge on any atom is 0.416 e. The van der Waals surface area contributed by atoms with Crippen molar-refractivity contribution in [3.8, 4) is 6.01 Å². The van der Waals surface area contributed by atoms with Gasteiger partial charge in [0.25, 0.3) is 0 Å². The number of sulfonamides is 1. The maximum absolute atomic E-state index is 12.8. The third-order valence-corrected chi connectivity index (χ3v) is 5.51. The molecule has 0 spiro atoms. The molecule has 0 bridgehead atoms. The van der Waals surface area contributed by atoms with E-state index in [9.17, 15) is 21.6 Å². The molecular weight excluding hydrogens is 399 g/mol. The number of nitrogens with one attached hydrogen (secondary N) is 1. The van der Waals surface area contributed by atoms with E-state index in [4.69, 9.17) is 4.74 Å². The molecule has 1 N–H and O–H groups in total. The molecule has 2 aromatic rings. The van der Waals surface area contributed by atoms with Crippen LogP contribution in [0.4, 0.5) is 19.1 Å². The number of ether oxygens (including phenoxy) is 1. The van der Waals surface area contributed by atoms with Gasteiger partial charge in [-0.3, -0.25) is 0 Å². The summed E-state index contributed by atoms with van der Waals surface area (Å²) in [7, 11) is -2.82. The normalized spacial score (nSPS) is 15.1.